The molecule has 7 nitrogen and oxygen atoms in total. The Hall–Kier alpha value is -2.57. The van der Waals surface area contributed by atoms with Gasteiger partial charge in [0.1, 0.15) is 11.8 Å². The molecule has 0 heterocycles. The van der Waals surface area contributed by atoms with Crippen LogP contribution < -0.4 is 15.4 Å². The predicted molar refractivity (Wildman–Crippen MR) is 98.1 cm³/mol. The molecule has 0 aromatic heterocycles. The number of nitrogens with one attached hydrogen (secondary N) is 2. The molecular weight excluding hydrogens is 336 g/mol. The van der Waals surface area contributed by atoms with E-state index >= 15 is 0 Å². The SMILES string of the molecule is Cc1ccc(C)c(OCCC(=O)NCC(=O)N[C@@H](CC(C)C)C(=O)O)c1. The summed E-state index contributed by atoms with van der Waals surface area (Å²) in [5.74, 6) is -1.08. The zero-order valence-corrected chi connectivity index (χ0v) is 15.8. The Balaban J connectivity index is 2.33. The average molecular weight is 364 g/mol. The van der Waals surface area contributed by atoms with Crippen molar-refractivity contribution in [2.75, 3.05) is 13.2 Å². The van der Waals surface area contributed by atoms with E-state index < -0.39 is 17.9 Å². The van der Waals surface area contributed by atoms with E-state index in [4.69, 9.17) is 9.84 Å². The van der Waals surface area contributed by atoms with Crippen molar-refractivity contribution in [2.24, 2.45) is 5.92 Å². The number of carbonyl (C=O) groups excluding carboxylic acids is 2. The van der Waals surface area contributed by atoms with E-state index in [0.29, 0.717) is 6.42 Å². The molecule has 0 saturated carbocycles. The second-order valence-corrected chi connectivity index (χ2v) is 6.73. The highest BCUT2D eigenvalue weighted by Crippen LogP contribution is 2.19. The minimum atomic E-state index is -1.08. The van der Waals surface area contributed by atoms with Crippen molar-refractivity contribution < 1.29 is 24.2 Å². The third kappa shape index (κ3) is 8.00. The van der Waals surface area contributed by atoms with Crippen LogP contribution in [-0.4, -0.2) is 42.1 Å². The maximum Gasteiger partial charge on any atom is 0.326 e. The summed E-state index contributed by atoms with van der Waals surface area (Å²) >= 11 is 0. The predicted octanol–water partition coefficient (Wildman–Crippen LogP) is 1.80. The quantitative estimate of drug-likeness (QED) is 0.587. The fourth-order valence-corrected chi connectivity index (χ4v) is 2.32. The van der Waals surface area contributed by atoms with Crippen LogP contribution in [0, 0.1) is 19.8 Å². The Morgan fingerprint density at radius 1 is 1.15 bits per heavy atom. The van der Waals surface area contributed by atoms with Gasteiger partial charge in [-0.1, -0.05) is 26.0 Å². The molecule has 0 bridgehead atoms. The Bertz CT molecular complexity index is 643. The zero-order valence-electron chi connectivity index (χ0n) is 15.8. The number of rotatable bonds is 10. The highest BCUT2D eigenvalue weighted by molar-refractivity contribution is 5.87. The van der Waals surface area contributed by atoms with Crippen LogP contribution in [0.25, 0.3) is 0 Å². The largest absolute Gasteiger partial charge is 0.493 e. The second-order valence-electron chi connectivity index (χ2n) is 6.73. The van der Waals surface area contributed by atoms with Crippen molar-refractivity contribution in [2.45, 2.75) is 46.6 Å². The monoisotopic (exact) mass is 364 g/mol. The molecule has 0 aliphatic rings. The number of benzene rings is 1. The summed E-state index contributed by atoms with van der Waals surface area (Å²) in [5.41, 5.74) is 2.06. The Morgan fingerprint density at radius 2 is 1.85 bits per heavy atom. The van der Waals surface area contributed by atoms with Crippen molar-refractivity contribution in [3.8, 4) is 5.75 Å². The smallest absolute Gasteiger partial charge is 0.326 e. The van der Waals surface area contributed by atoms with Gasteiger partial charge >= 0.3 is 5.97 Å². The molecule has 26 heavy (non-hydrogen) atoms. The van der Waals surface area contributed by atoms with Gasteiger partial charge in [-0.15, -0.1) is 0 Å². The lowest BCUT2D eigenvalue weighted by atomic mass is 10.0. The number of ether oxygens (including phenoxy) is 1. The number of carboxylic acid groups (broad SMARTS) is 1. The lowest BCUT2D eigenvalue weighted by molar-refractivity contribution is -0.142. The third-order valence-electron chi connectivity index (χ3n) is 3.72. The van der Waals surface area contributed by atoms with Crippen LogP contribution in [0.5, 0.6) is 5.75 Å². The normalized spacial score (nSPS) is 11.7. The van der Waals surface area contributed by atoms with Gasteiger partial charge in [-0.05, 0) is 43.4 Å². The fourth-order valence-electron chi connectivity index (χ4n) is 2.32. The number of aliphatic carboxylic acids is 1. The van der Waals surface area contributed by atoms with Gasteiger partial charge in [0.25, 0.3) is 0 Å². The molecule has 7 heteroatoms. The summed E-state index contributed by atoms with van der Waals surface area (Å²) in [6, 6.07) is 4.89. The maximum atomic E-state index is 11.8. The van der Waals surface area contributed by atoms with Crippen molar-refractivity contribution in [1.82, 2.24) is 10.6 Å². The summed E-state index contributed by atoms with van der Waals surface area (Å²) in [7, 11) is 0. The molecule has 0 spiro atoms. The number of aryl methyl sites for hydroxylation is 2. The first kappa shape index (κ1) is 21.5. The van der Waals surface area contributed by atoms with Gasteiger partial charge in [0.15, 0.2) is 0 Å². The van der Waals surface area contributed by atoms with Crippen molar-refractivity contribution in [1.29, 1.82) is 0 Å². The number of carboxylic acids is 1. The molecule has 1 aromatic rings. The number of carbonyl (C=O) groups is 3. The van der Waals surface area contributed by atoms with Crippen LogP contribution in [0.4, 0.5) is 0 Å². The molecule has 144 valence electrons. The molecule has 1 atom stereocenters. The lowest BCUT2D eigenvalue weighted by Gasteiger charge is -2.16. The minimum absolute atomic E-state index is 0.106. The number of amides is 2. The Morgan fingerprint density at radius 3 is 2.46 bits per heavy atom. The van der Waals surface area contributed by atoms with Crippen LogP contribution in [0.15, 0.2) is 18.2 Å². The summed E-state index contributed by atoms with van der Waals surface area (Å²) < 4.78 is 5.60. The van der Waals surface area contributed by atoms with E-state index in [9.17, 15) is 14.4 Å². The second kappa shape index (κ2) is 10.4. The standard InChI is InChI=1S/C19H28N2O5/c1-12(2)9-15(19(24)25)21-18(23)11-20-17(22)7-8-26-16-10-13(3)5-6-14(16)4/h5-6,10,12,15H,7-9,11H2,1-4H3,(H,20,22)(H,21,23)(H,24,25)/t15-/m0/s1. The first-order valence-electron chi connectivity index (χ1n) is 8.68. The van der Waals surface area contributed by atoms with Gasteiger partial charge in [-0.2, -0.15) is 0 Å². The highest BCUT2D eigenvalue weighted by atomic mass is 16.5. The molecule has 0 unspecified atom stereocenters. The molecule has 2 amide bonds. The molecule has 1 rings (SSSR count). The summed E-state index contributed by atoms with van der Waals surface area (Å²) in [6.07, 6.45) is 0.438. The van der Waals surface area contributed by atoms with E-state index in [2.05, 4.69) is 10.6 Å². The minimum Gasteiger partial charge on any atom is -0.493 e. The molecular formula is C19H28N2O5. The van der Waals surface area contributed by atoms with Crippen LogP contribution in [0.1, 0.15) is 37.8 Å². The van der Waals surface area contributed by atoms with Crippen molar-refractivity contribution >= 4 is 17.8 Å². The van der Waals surface area contributed by atoms with Gasteiger partial charge in [-0.25, -0.2) is 4.79 Å². The summed E-state index contributed by atoms with van der Waals surface area (Å²) in [4.78, 5) is 34.7. The lowest BCUT2D eigenvalue weighted by Crippen LogP contribution is -2.46. The molecule has 0 aliphatic heterocycles. The first-order chi connectivity index (χ1) is 12.2. The topological polar surface area (TPSA) is 105 Å². The van der Waals surface area contributed by atoms with E-state index in [-0.39, 0.29) is 31.4 Å². The van der Waals surface area contributed by atoms with Gasteiger partial charge in [0.05, 0.1) is 19.6 Å². The van der Waals surface area contributed by atoms with E-state index in [1.165, 1.54) is 0 Å². The molecule has 0 radical (unpaired) electrons. The number of hydrogen-bond acceptors (Lipinski definition) is 4. The summed E-state index contributed by atoms with van der Waals surface area (Å²) in [6.45, 7) is 7.57. The van der Waals surface area contributed by atoms with Gasteiger partial charge in [-0.3, -0.25) is 9.59 Å². The fraction of sp³-hybridized carbons (Fsp3) is 0.526. The van der Waals surface area contributed by atoms with Crippen molar-refractivity contribution in [3.63, 3.8) is 0 Å². The zero-order chi connectivity index (χ0) is 19.7. The van der Waals surface area contributed by atoms with Crippen LogP contribution in [-0.2, 0) is 14.4 Å². The molecule has 0 fully saturated rings. The first-order valence-corrected chi connectivity index (χ1v) is 8.68. The van der Waals surface area contributed by atoms with Gasteiger partial charge in [0, 0.05) is 0 Å². The average Bonchev–Trinajstić information content (AvgIpc) is 2.55. The molecule has 1 aromatic carbocycles. The third-order valence-corrected chi connectivity index (χ3v) is 3.72. The molecule has 0 aliphatic carbocycles. The van der Waals surface area contributed by atoms with Crippen molar-refractivity contribution in [3.05, 3.63) is 29.3 Å². The van der Waals surface area contributed by atoms with E-state index in [0.717, 1.165) is 16.9 Å². The van der Waals surface area contributed by atoms with Crippen LogP contribution in [0.2, 0.25) is 0 Å². The molecule has 3 N–H and O–H groups in total. The van der Waals surface area contributed by atoms with E-state index in [1.807, 2.05) is 45.9 Å². The number of hydrogen-bond donors (Lipinski definition) is 3. The Kier molecular flexibility index (Phi) is 8.61. The Labute approximate surface area is 154 Å². The maximum absolute atomic E-state index is 11.8. The van der Waals surface area contributed by atoms with Gasteiger partial charge in [0.2, 0.25) is 11.8 Å². The molecule has 0 saturated heterocycles. The van der Waals surface area contributed by atoms with Crippen LogP contribution in [0.3, 0.4) is 0 Å². The van der Waals surface area contributed by atoms with E-state index in [1.54, 1.807) is 0 Å². The van der Waals surface area contributed by atoms with Gasteiger partial charge < -0.3 is 20.5 Å². The highest BCUT2D eigenvalue weighted by Gasteiger charge is 2.21. The summed E-state index contributed by atoms with van der Waals surface area (Å²) in [5, 5.41) is 14.0. The van der Waals surface area contributed by atoms with Crippen LogP contribution >= 0.6 is 0 Å².